The van der Waals surface area contributed by atoms with Crippen LogP contribution in [0.25, 0.3) is 10.9 Å². The standard InChI is InChI=1S/C20H20BrN3O/c21-18-15-8-2-3-9-16(15)23-19(18)20(25)22-13-14-7-1-4-10-17(14)24-11-5-6-12-24/h1-4,7-10,23H,5-6,11-13H2,(H,22,25). The summed E-state index contributed by atoms with van der Waals surface area (Å²) >= 11 is 3.55. The topological polar surface area (TPSA) is 48.1 Å². The lowest BCUT2D eigenvalue weighted by atomic mass is 10.1. The number of para-hydroxylation sites is 2. The van der Waals surface area contributed by atoms with Gasteiger partial charge in [0.05, 0.1) is 4.47 Å². The van der Waals surface area contributed by atoms with Gasteiger partial charge in [-0.1, -0.05) is 36.4 Å². The molecule has 3 aromatic rings. The van der Waals surface area contributed by atoms with E-state index in [1.165, 1.54) is 18.5 Å². The molecule has 0 radical (unpaired) electrons. The minimum absolute atomic E-state index is 0.0979. The molecule has 0 atom stereocenters. The quantitative estimate of drug-likeness (QED) is 0.682. The van der Waals surface area contributed by atoms with Crippen LogP contribution in [0.3, 0.4) is 0 Å². The maximum Gasteiger partial charge on any atom is 0.269 e. The summed E-state index contributed by atoms with van der Waals surface area (Å²) in [6.45, 7) is 2.71. The molecule has 2 heterocycles. The molecule has 4 nitrogen and oxygen atoms in total. The number of hydrogen-bond donors (Lipinski definition) is 2. The third kappa shape index (κ3) is 3.16. The molecular formula is C20H20BrN3O. The highest BCUT2D eigenvalue weighted by molar-refractivity contribution is 9.10. The van der Waals surface area contributed by atoms with Gasteiger partial charge in [-0.05, 0) is 46.5 Å². The number of hydrogen-bond acceptors (Lipinski definition) is 2. The zero-order valence-corrected chi connectivity index (χ0v) is 15.5. The highest BCUT2D eigenvalue weighted by Gasteiger charge is 2.18. The maximum absolute atomic E-state index is 12.7. The van der Waals surface area contributed by atoms with Crippen molar-refractivity contribution in [2.24, 2.45) is 0 Å². The average Bonchev–Trinajstić information content (AvgIpc) is 3.29. The molecule has 2 N–H and O–H groups in total. The van der Waals surface area contributed by atoms with Crippen molar-refractivity contribution in [2.75, 3.05) is 18.0 Å². The van der Waals surface area contributed by atoms with Crippen LogP contribution >= 0.6 is 15.9 Å². The molecule has 25 heavy (non-hydrogen) atoms. The Labute approximate surface area is 155 Å². The predicted octanol–water partition coefficient (Wildman–Crippen LogP) is 4.46. The van der Waals surface area contributed by atoms with Crippen molar-refractivity contribution in [1.82, 2.24) is 10.3 Å². The van der Waals surface area contributed by atoms with Crippen LogP contribution in [0.2, 0.25) is 0 Å². The van der Waals surface area contributed by atoms with Gasteiger partial charge < -0.3 is 15.2 Å². The van der Waals surface area contributed by atoms with Crippen LogP contribution in [-0.4, -0.2) is 24.0 Å². The van der Waals surface area contributed by atoms with Gasteiger partial charge in [0.2, 0.25) is 0 Å². The van der Waals surface area contributed by atoms with E-state index >= 15 is 0 Å². The van der Waals surface area contributed by atoms with E-state index in [0.29, 0.717) is 12.2 Å². The molecule has 1 saturated heterocycles. The summed E-state index contributed by atoms with van der Waals surface area (Å²) in [5, 5.41) is 4.07. The Kier molecular flexibility index (Phi) is 4.49. The fourth-order valence-electron chi connectivity index (χ4n) is 3.45. The zero-order valence-electron chi connectivity index (χ0n) is 13.9. The first-order chi connectivity index (χ1) is 12.2. The molecule has 0 spiro atoms. The summed E-state index contributed by atoms with van der Waals surface area (Å²) in [7, 11) is 0. The Bertz CT molecular complexity index is 912. The highest BCUT2D eigenvalue weighted by Crippen LogP contribution is 2.28. The monoisotopic (exact) mass is 397 g/mol. The van der Waals surface area contributed by atoms with E-state index in [0.717, 1.165) is 34.0 Å². The molecule has 0 unspecified atom stereocenters. The van der Waals surface area contributed by atoms with E-state index in [1.807, 2.05) is 30.3 Å². The van der Waals surface area contributed by atoms with E-state index in [2.05, 4.69) is 49.3 Å². The second-order valence-corrected chi connectivity index (χ2v) is 7.16. The van der Waals surface area contributed by atoms with Gasteiger partial charge in [0.1, 0.15) is 5.69 Å². The van der Waals surface area contributed by atoms with E-state index < -0.39 is 0 Å². The molecule has 128 valence electrons. The lowest BCUT2D eigenvalue weighted by molar-refractivity contribution is 0.0946. The first-order valence-electron chi connectivity index (χ1n) is 8.61. The number of anilines is 1. The van der Waals surface area contributed by atoms with Crippen molar-refractivity contribution in [3.05, 3.63) is 64.3 Å². The molecule has 0 bridgehead atoms. The van der Waals surface area contributed by atoms with Gasteiger partial charge in [-0.25, -0.2) is 0 Å². The van der Waals surface area contributed by atoms with Crippen molar-refractivity contribution in [3.8, 4) is 0 Å². The summed E-state index contributed by atoms with van der Waals surface area (Å²) in [4.78, 5) is 18.3. The maximum atomic E-state index is 12.7. The summed E-state index contributed by atoms with van der Waals surface area (Å²) < 4.78 is 0.813. The number of amides is 1. The second-order valence-electron chi connectivity index (χ2n) is 6.37. The molecule has 1 fully saturated rings. The van der Waals surface area contributed by atoms with E-state index in [-0.39, 0.29) is 5.91 Å². The first-order valence-corrected chi connectivity index (χ1v) is 9.40. The largest absolute Gasteiger partial charge is 0.371 e. The van der Waals surface area contributed by atoms with Gasteiger partial charge in [-0.15, -0.1) is 0 Å². The Balaban J connectivity index is 1.53. The predicted molar refractivity (Wildman–Crippen MR) is 105 cm³/mol. The number of benzene rings is 2. The average molecular weight is 398 g/mol. The Morgan fingerprint density at radius 2 is 1.80 bits per heavy atom. The fourth-order valence-corrected chi connectivity index (χ4v) is 4.08. The number of carbonyl (C=O) groups is 1. The molecule has 1 aromatic heterocycles. The molecule has 1 aliphatic heterocycles. The smallest absolute Gasteiger partial charge is 0.269 e. The van der Waals surface area contributed by atoms with Gasteiger partial charge in [0, 0.05) is 36.2 Å². The van der Waals surface area contributed by atoms with Crippen LogP contribution in [0, 0.1) is 0 Å². The van der Waals surface area contributed by atoms with Crippen LogP contribution in [0.4, 0.5) is 5.69 Å². The van der Waals surface area contributed by atoms with E-state index in [9.17, 15) is 4.79 Å². The SMILES string of the molecule is O=C(NCc1ccccc1N1CCCC1)c1[nH]c2ccccc2c1Br. The minimum atomic E-state index is -0.0979. The number of halogens is 1. The van der Waals surface area contributed by atoms with E-state index in [4.69, 9.17) is 0 Å². The van der Waals surface area contributed by atoms with Crippen LogP contribution < -0.4 is 10.2 Å². The Morgan fingerprint density at radius 1 is 1.08 bits per heavy atom. The van der Waals surface area contributed by atoms with Crippen molar-refractivity contribution < 1.29 is 4.79 Å². The van der Waals surface area contributed by atoms with Gasteiger partial charge in [0.25, 0.3) is 5.91 Å². The second kappa shape index (κ2) is 6.92. The van der Waals surface area contributed by atoms with Crippen LogP contribution in [0.5, 0.6) is 0 Å². The van der Waals surface area contributed by atoms with Crippen molar-refractivity contribution in [3.63, 3.8) is 0 Å². The lowest BCUT2D eigenvalue weighted by Crippen LogP contribution is -2.26. The van der Waals surface area contributed by atoms with Crippen molar-refractivity contribution in [2.45, 2.75) is 19.4 Å². The number of aromatic amines is 1. The summed E-state index contributed by atoms with van der Waals surface area (Å²) in [6, 6.07) is 16.2. The van der Waals surface area contributed by atoms with Crippen LogP contribution in [0.15, 0.2) is 53.0 Å². The molecule has 0 saturated carbocycles. The zero-order chi connectivity index (χ0) is 17.2. The van der Waals surface area contributed by atoms with Gasteiger partial charge in [-0.2, -0.15) is 0 Å². The summed E-state index contributed by atoms with van der Waals surface area (Å²) in [6.07, 6.45) is 2.48. The molecule has 5 heteroatoms. The van der Waals surface area contributed by atoms with Gasteiger partial charge in [-0.3, -0.25) is 4.79 Å². The Morgan fingerprint density at radius 3 is 2.60 bits per heavy atom. The number of rotatable bonds is 4. The first kappa shape index (κ1) is 16.2. The molecule has 1 amide bonds. The summed E-state index contributed by atoms with van der Waals surface area (Å²) in [5.74, 6) is -0.0979. The highest BCUT2D eigenvalue weighted by atomic mass is 79.9. The molecule has 2 aromatic carbocycles. The third-order valence-corrected chi connectivity index (χ3v) is 5.57. The number of aromatic nitrogens is 1. The number of carbonyl (C=O) groups excluding carboxylic acids is 1. The number of H-pyrrole nitrogens is 1. The Hall–Kier alpha value is -2.27. The molecule has 1 aliphatic rings. The van der Waals surface area contributed by atoms with Gasteiger partial charge >= 0.3 is 0 Å². The number of fused-ring (bicyclic) bond motifs is 1. The minimum Gasteiger partial charge on any atom is -0.371 e. The summed E-state index contributed by atoms with van der Waals surface area (Å²) in [5.41, 5.74) is 3.91. The van der Waals surface area contributed by atoms with Crippen molar-refractivity contribution in [1.29, 1.82) is 0 Å². The van der Waals surface area contributed by atoms with Crippen LogP contribution in [0.1, 0.15) is 28.9 Å². The molecular weight excluding hydrogens is 378 g/mol. The van der Waals surface area contributed by atoms with Gasteiger partial charge in [0.15, 0.2) is 0 Å². The van der Waals surface area contributed by atoms with Crippen molar-refractivity contribution >= 4 is 38.4 Å². The molecule has 0 aliphatic carbocycles. The third-order valence-electron chi connectivity index (χ3n) is 4.75. The van der Waals surface area contributed by atoms with Crippen LogP contribution in [-0.2, 0) is 6.54 Å². The normalized spacial score (nSPS) is 14.2. The molecule has 4 rings (SSSR count). The number of nitrogens with zero attached hydrogens (tertiary/aromatic N) is 1. The number of nitrogens with one attached hydrogen (secondary N) is 2. The lowest BCUT2D eigenvalue weighted by Gasteiger charge is -2.21. The van der Waals surface area contributed by atoms with E-state index in [1.54, 1.807) is 0 Å². The fraction of sp³-hybridized carbons (Fsp3) is 0.250.